The minimum Gasteiger partial charge on any atom is -0.299 e. The van der Waals surface area contributed by atoms with Crippen LogP contribution in [0.25, 0.3) is 0 Å². The van der Waals surface area contributed by atoms with E-state index in [4.69, 9.17) is 0 Å². The molecule has 0 N–H and O–H groups in total. The molecule has 1 aliphatic rings. The van der Waals surface area contributed by atoms with E-state index in [1.807, 2.05) is 0 Å². The quantitative estimate of drug-likeness (QED) is 0.365. The number of likely N-dealkylation sites (tertiary alicyclic amines) is 1. The number of allylic oxidation sites excluding steroid dienone is 2. The summed E-state index contributed by atoms with van der Waals surface area (Å²) in [6.45, 7) is 4.63. The highest BCUT2D eigenvalue weighted by atomic mass is 15.1. The highest BCUT2D eigenvalue weighted by molar-refractivity contribution is 5.12. The van der Waals surface area contributed by atoms with E-state index < -0.39 is 0 Å². The molecule has 1 saturated heterocycles. The molecule has 122 valence electrons. The summed E-state index contributed by atoms with van der Waals surface area (Å²) < 4.78 is 2.37. The predicted molar refractivity (Wildman–Crippen MR) is 93.8 cm³/mol. The van der Waals surface area contributed by atoms with Crippen LogP contribution in [0.15, 0.2) is 36.7 Å². The lowest BCUT2D eigenvalue weighted by atomic mass is 10.1. The maximum atomic E-state index is 2.48. The molecule has 1 unspecified atom stereocenters. The zero-order chi connectivity index (χ0) is 15.6. The molecule has 2 heterocycles. The molecule has 1 aromatic heterocycles. The van der Waals surface area contributed by atoms with Gasteiger partial charge in [-0.2, -0.15) is 0 Å². The van der Waals surface area contributed by atoms with E-state index in [2.05, 4.69) is 60.1 Å². The molecule has 0 radical (unpaired) electrons. The molecule has 1 aromatic rings. The maximum Gasteiger partial charge on any atom is 0.173 e. The van der Waals surface area contributed by atoms with Crippen LogP contribution in [0.2, 0.25) is 0 Å². The monoisotopic (exact) mass is 301 g/mol. The van der Waals surface area contributed by atoms with E-state index in [1.54, 1.807) is 0 Å². The van der Waals surface area contributed by atoms with Gasteiger partial charge in [0.05, 0.1) is 0 Å². The van der Waals surface area contributed by atoms with Crippen molar-refractivity contribution in [2.75, 3.05) is 13.6 Å². The van der Waals surface area contributed by atoms with Crippen molar-refractivity contribution in [3.8, 4) is 0 Å². The Labute approximate surface area is 136 Å². The van der Waals surface area contributed by atoms with Gasteiger partial charge in [0.25, 0.3) is 0 Å². The van der Waals surface area contributed by atoms with Crippen molar-refractivity contribution in [1.82, 2.24) is 4.90 Å². The van der Waals surface area contributed by atoms with Crippen molar-refractivity contribution in [2.24, 2.45) is 0 Å². The van der Waals surface area contributed by atoms with Gasteiger partial charge in [-0.3, -0.25) is 4.90 Å². The van der Waals surface area contributed by atoms with Crippen molar-refractivity contribution < 1.29 is 4.57 Å². The normalized spacial score (nSPS) is 19.3. The van der Waals surface area contributed by atoms with Crippen LogP contribution in [-0.2, 0) is 6.54 Å². The van der Waals surface area contributed by atoms with Crippen LogP contribution in [0.1, 0.15) is 69.9 Å². The van der Waals surface area contributed by atoms with Crippen LogP contribution in [-0.4, -0.2) is 18.5 Å². The van der Waals surface area contributed by atoms with Crippen molar-refractivity contribution in [2.45, 2.75) is 70.9 Å². The fraction of sp³-hybridized carbons (Fsp3) is 0.650. The average Bonchev–Trinajstić information content (AvgIpc) is 2.96. The molecule has 0 aromatic carbocycles. The minimum absolute atomic E-state index is 0.630. The second-order valence-corrected chi connectivity index (χ2v) is 6.62. The molecular weight excluding hydrogens is 268 g/mol. The van der Waals surface area contributed by atoms with E-state index in [-0.39, 0.29) is 0 Å². The molecule has 1 aliphatic heterocycles. The summed E-state index contributed by atoms with van der Waals surface area (Å²) in [5, 5.41) is 0. The maximum absolute atomic E-state index is 2.48. The number of hydrogen-bond acceptors (Lipinski definition) is 1. The van der Waals surface area contributed by atoms with Crippen LogP contribution in [0.5, 0.6) is 0 Å². The lowest BCUT2D eigenvalue weighted by Gasteiger charge is -2.18. The zero-order valence-electron chi connectivity index (χ0n) is 14.5. The van der Waals surface area contributed by atoms with Crippen LogP contribution in [0, 0.1) is 0 Å². The van der Waals surface area contributed by atoms with Gasteiger partial charge in [0.15, 0.2) is 12.4 Å². The van der Waals surface area contributed by atoms with Gasteiger partial charge >= 0.3 is 0 Å². The van der Waals surface area contributed by atoms with Gasteiger partial charge in [0.1, 0.15) is 6.54 Å². The second-order valence-electron chi connectivity index (χ2n) is 6.62. The van der Waals surface area contributed by atoms with E-state index in [0.717, 1.165) is 6.54 Å². The molecule has 2 heteroatoms. The summed E-state index contributed by atoms with van der Waals surface area (Å²) in [5.74, 6) is 0. The first-order valence-electron chi connectivity index (χ1n) is 9.15. The molecular formula is C20H33N2+. The fourth-order valence-electron chi connectivity index (χ4n) is 3.35. The smallest absolute Gasteiger partial charge is 0.173 e. The molecule has 0 saturated carbocycles. The van der Waals surface area contributed by atoms with E-state index >= 15 is 0 Å². The minimum atomic E-state index is 0.630. The number of pyridine rings is 1. The van der Waals surface area contributed by atoms with Gasteiger partial charge in [-0.15, -0.1) is 0 Å². The Morgan fingerprint density at radius 1 is 1.23 bits per heavy atom. The Morgan fingerprint density at radius 2 is 2.05 bits per heavy atom. The largest absolute Gasteiger partial charge is 0.299 e. The predicted octanol–water partition coefficient (Wildman–Crippen LogP) is 4.66. The van der Waals surface area contributed by atoms with E-state index in [9.17, 15) is 0 Å². The number of unbranched alkanes of at least 4 members (excludes halogenated alkanes) is 4. The molecule has 0 bridgehead atoms. The standard InChI is InChI=1S/C20H33N2/c1-3-4-5-6-7-8-9-10-16-22-17-11-13-19(18-22)20-14-12-15-21(20)2/h7-8,11,13,17-18,20H,3-6,9-10,12,14-16H2,1-2H3/q+1/b8-7-. The molecule has 1 fully saturated rings. The summed E-state index contributed by atoms with van der Waals surface area (Å²) in [6.07, 6.45) is 19.7. The van der Waals surface area contributed by atoms with Crippen LogP contribution in [0.3, 0.4) is 0 Å². The van der Waals surface area contributed by atoms with Gasteiger partial charge in [-0.05, 0) is 51.8 Å². The third-order valence-corrected chi connectivity index (χ3v) is 4.71. The van der Waals surface area contributed by atoms with E-state index in [0.29, 0.717) is 6.04 Å². The van der Waals surface area contributed by atoms with Gasteiger partial charge in [-0.25, -0.2) is 4.57 Å². The molecule has 2 rings (SSSR count). The third-order valence-electron chi connectivity index (χ3n) is 4.71. The van der Waals surface area contributed by atoms with Gasteiger partial charge in [0, 0.05) is 24.1 Å². The molecule has 2 nitrogen and oxygen atoms in total. The summed E-state index contributed by atoms with van der Waals surface area (Å²) >= 11 is 0. The van der Waals surface area contributed by atoms with Gasteiger partial charge in [-0.1, -0.05) is 31.9 Å². The van der Waals surface area contributed by atoms with Crippen molar-refractivity contribution in [3.63, 3.8) is 0 Å². The number of hydrogen-bond donors (Lipinski definition) is 0. The van der Waals surface area contributed by atoms with Crippen LogP contribution < -0.4 is 4.57 Å². The topological polar surface area (TPSA) is 7.12 Å². The summed E-state index contributed by atoms with van der Waals surface area (Å²) in [4.78, 5) is 2.48. The molecule has 22 heavy (non-hydrogen) atoms. The Hall–Kier alpha value is -1.15. The highest BCUT2D eigenvalue weighted by Gasteiger charge is 2.24. The Bertz CT molecular complexity index is 453. The van der Waals surface area contributed by atoms with Crippen molar-refractivity contribution >= 4 is 0 Å². The summed E-state index contributed by atoms with van der Waals surface area (Å²) in [6, 6.07) is 5.13. The molecule has 0 aliphatic carbocycles. The number of aryl methyl sites for hydroxylation is 1. The molecule has 1 atom stereocenters. The average molecular weight is 301 g/mol. The van der Waals surface area contributed by atoms with Crippen molar-refractivity contribution in [1.29, 1.82) is 0 Å². The summed E-state index contributed by atoms with van der Waals surface area (Å²) in [5.41, 5.74) is 1.48. The Morgan fingerprint density at radius 3 is 2.77 bits per heavy atom. The number of aromatic nitrogens is 1. The highest BCUT2D eigenvalue weighted by Crippen LogP contribution is 2.29. The first kappa shape index (κ1) is 17.2. The van der Waals surface area contributed by atoms with Crippen molar-refractivity contribution in [3.05, 3.63) is 42.2 Å². The van der Waals surface area contributed by atoms with Gasteiger partial charge < -0.3 is 0 Å². The zero-order valence-corrected chi connectivity index (χ0v) is 14.5. The Kier molecular flexibility index (Phi) is 7.65. The Balaban J connectivity index is 1.72. The lowest BCUT2D eigenvalue weighted by molar-refractivity contribution is -0.697. The first-order chi connectivity index (χ1) is 10.8. The number of nitrogens with zero attached hydrogens (tertiary/aromatic N) is 2. The first-order valence-corrected chi connectivity index (χ1v) is 9.15. The van der Waals surface area contributed by atoms with Crippen LogP contribution >= 0.6 is 0 Å². The lowest BCUT2D eigenvalue weighted by Crippen LogP contribution is -2.34. The summed E-state index contributed by atoms with van der Waals surface area (Å²) in [7, 11) is 2.25. The fourth-order valence-corrected chi connectivity index (χ4v) is 3.35. The second kappa shape index (κ2) is 9.78. The molecule has 0 spiro atoms. The van der Waals surface area contributed by atoms with Crippen LogP contribution in [0.4, 0.5) is 0 Å². The third kappa shape index (κ3) is 5.57. The van der Waals surface area contributed by atoms with Gasteiger partial charge in [0.2, 0.25) is 0 Å². The number of rotatable bonds is 9. The molecule has 0 amide bonds. The van der Waals surface area contributed by atoms with E-state index in [1.165, 1.54) is 63.5 Å². The SMILES string of the molecule is CCCCC/C=C\CCC[n+]1cccc(C2CCCN2C)c1.